The molecule has 0 saturated carbocycles. The van der Waals surface area contributed by atoms with Gasteiger partial charge < -0.3 is 19.6 Å². The molecule has 0 fully saturated rings. The fourth-order valence-corrected chi connectivity index (χ4v) is 4.67. The summed E-state index contributed by atoms with van der Waals surface area (Å²) in [4.78, 5) is 35.8. The number of aromatic nitrogens is 4. The number of ketones is 1. The first-order chi connectivity index (χ1) is 18.3. The summed E-state index contributed by atoms with van der Waals surface area (Å²) in [6.45, 7) is 5.71. The van der Waals surface area contributed by atoms with Gasteiger partial charge in [-0.2, -0.15) is 0 Å². The molecule has 0 aliphatic rings. The minimum absolute atomic E-state index is 0.0192. The van der Waals surface area contributed by atoms with Crippen LogP contribution in [0.25, 0.3) is 22.0 Å². The molecule has 9 heteroatoms. The van der Waals surface area contributed by atoms with Gasteiger partial charge in [-0.05, 0) is 56.2 Å². The molecular formula is C29H27N5O4. The molecule has 1 aromatic carbocycles. The lowest BCUT2D eigenvalue weighted by Gasteiger charge is -2.16. The summed E-state index contributed by atoms with van der Waals surface area (Å²) in [5.41, 5.74) is 10.6. The van der Waals surface area contributed by atoms with E-state index in [1.807, 2.05) is 57.2 Å². The molecule has 0 aliphatic heterocycles. The highest BCUT2D eigenvalue weighted by Crippen LogP contribution is 2.37. The van der Waals surface area contributed by atoms with Crippen molar-refractivity contribution in [2.75, 3.05) is 12.8 Å². The number of pyridine rings is 3. The highest BCUT2D eigenvalue weighted by molar-refractivity contribution is 6.01. The molecule has 0 aliphatic carbocycles. The third kappa shape index (κ3) is 4.54. The molecular weight excluding hydrogens is 482 g/mol. The first-order valence-electron chi connectivity index (χ1n) is 12.1. The van der Waals surface area contributed by atoms with E-state index < -0.39 is 5.56 Å². The third-order valence-electron chi connectivity index (χ3n) is 6.60. The van der Waals surface area contributed by atoms with Crippen LogP contribution in [0.15, 0.2) is 64.2 Å². The molecule has 192 valence electrons. The zero-order valence-corrected chi connectivity index (χ0v) is 21.6. The number of methoxy groups -OCH3 is 1. The van der Waals surface area contributed by atoms with Crippen molar-refractivity contribution in [2.45, 2.75) is 33.7 Å². The lowest BCUT2D eigenvalue weighted by atomic mass is 9.98. The van der Waals surface area contributed by atoms with Crippen molar-refractivity contribution in [1.82, 2.24) is 19.7 Å². The van der Waals surface area contributed by atoms with E-state index in [2.05, 4.69) is 15.1 Å². The van der Waals surface area contributed by atoms with E-state index in [-0.39, 0.29) is 24.3 Å². The highest BCUT2D eigenvalue weighted by atomic mass is 16.5. The number of anilines is 1. The van der Waals surface area contributed by atoms with Gasteiger partial charge in [-0.25, -0.2) is 4.98 Å². The summed E-state index contributed by atoms with van der Waals surface area (Å²) in [5.74, 6) is 1.30. The van der Waals surface area contributed by atoms with Gasteiger partial charge in [0.1, 0.15) is 17.3 Å². The van der Waals surface area contributed by atoms with E-state index in [0.29, 0.717) is 45.2 Å². The van der Waals surface area contributed by atoms with Gasteiger partial charge in [-0.3, -0.25) is 14.6 Å². The number of fused-ring (bicyclic) bond motifs is 1. The SMILES string of the molecule is COc1cc2c(cc1-c1c(C)noc1C)cc(C(=O)Cc1cnc(N)c(C)c1)c(=O)n2Cc1ccccn1. The van der Waals surface area contributed by atoms with E-state index in [9.17, 15) is 9.59 Å². The Balaban J connectivity index is 1.72. The van der Waals surface area contributed by atoms with Crippen LogP contribution in [0.3, 0.4) is 0 Å². The summed E-state index contributed by atoms with van der Waals surface area (Å²) < 4.78 is 12.7. The maximum Gasteiger partial charge on any atom is 0.262 e. The molecule has 4 heterocycles. The maximum atomic E-state index is 13.8. The van der Waals surface area contributed by atoms with Gasteiger partial charge in [-0.15, -0.1) is 0 Å². The summed E-state index contributed by atoms with van der Waals surface area (Å²) in [5, 5.41) is 4.78. The molecule has 5 rings (SSSR count). The second-order valence-corrected chi connectivity index (χ2v) is 9.23. The number of nitrogens with two attached hydrogens (primary N) is 1. The van der Waals surface area contributed by atoms with Crippen molar-refractivity contribution in [1.29, 1.82) is 0 Å². The summed E-state index contributed by atoms with van der Waals surface area (Å²) in [7, 11) is 1.57. The average Bonchev–Trinajstić information content (AvgIpc) is 3.24. The summed E-state index contributed by atoms with van der Waals surface area (Å²) in [6.07, 6.45) is 3.25. The molecule has 9 nitrogen and oxygen atoms in total. The molecule has 2 N–H and O–H groups in total. The predicted octanol–water partition coefficient (Wildman–Crippen LogP) is 4.44. The number of nitrogens with zero attached hydrogens (tertiary/aromatic N) is 4. The van der Waals surface area contributed by atoms with Gasteiger partial charge in [0, 0.05) is 35.8 Å². The topological polar surface area (TPSA) is 126 Å². The van der Waals surface area contributed by atoms with Crippen LogP contribution in [-0.2, 0) is 13.0 Å². The zero-order chi connectivity index (χ0) is 27.0. The Morgan fingerprint density at radius 1 is 1.11 bits per heavy atom. The predicted molar refractivity (Wildman–Crippen MR) is 144 cm³/mol. The monoisotopic (exact) mass is 509 g/mol. The third-order valence-corrected chi connectivity index (χ3v) is 6.60. The first-order valence-corrected chi connectivity index (χ1v) is 12.1. The number of hydrogen-bond acceptors (Lipinski definition) is 8. The Morgan fingerprint density at radius 2 is 1.92 bits per heavy atom. The van der Waals surface area contributed by atoms with Gasteiger partial charge in [0.2, 0.25) is 0 Å². The second kappa shape index (κ2) is 9.93. The van der Waals surface area contributed by atoms with Crippen molar-refractivity contribution >= 4 is 22.5 Å². The number of nitrogen functional groups attached to an aromatic ring is 1. The number of rotatable bonds is 7. The minimum Gasteiger partial charge on any atom is -0.496 e. The van der Waals surface area contributed by atoms with E-state index in [1.165, 1.54) is 0 Å². The standard InChI is InChI=1S/C29H27N5O4/c1-16-9-19(14-32-28(16)30)10-25(35)22-11-20-12-23(27-17(2)33-38-18(27)3)26(37-4)13-24(20)34(29(22)36)15-21-7-5-6-8-31-21/h5-9,11-14H,10,15H2,1-4H3,(H2,30,32). The van der Waals surface area contributed by atoms with Gasteiger partial charge in [0.05, 0.1) is 41.7 Å². The number of Topliss-reactive ketones (excluding diaryl/α,β-unsaturated/α-hetero) is 1. The zero-order valence-electron chi connectivity index (χ0n) is 21.6. The number of hydrogen-bond donors (Lipinski definition) is 1. The molecule has 0 atom stereocenters. The quantitative estimate of drug-likeness (QED) is 0.319. The molecule has 0 amide bonds. The van der Waals surface area contributed by atoms with E-state index in [1.54, 1.807) is 30.1 Å². The Hall–Kier alpha value is -4.79. The second-order valence-electron chi connectivity index (χ2n) is 9.23. The number of ether oxygens (including phenoxy) is 1. The minimum atomic E-state index is -0.402. The molecule has 5 aromatic rings. The van der Waals surface area contributed by atoms with E-state index in [0.717, 1.165) is 16.7 Å². The van der Waals surface area contributed by atoms with Crippen LogP contribution in [-0.4, -0.2) is 32.6 Å². The van der Waals surface area contributed by atoms with Gasteiger partial charge in [0.15, 0.2) is 5.78 Å². The fraction of sp³-hybridized carbons (Fsp3) is 0.207. The van der Waals surface area contributed by atoms with Crippen LogP contribution in [0.2, 0.25) is 0 Å². The molecule has 0 saturated heterocycles. The van der Waals surface area contributed by atoms with Crippen LogP contribution in [0.5, 0.6) is 5.75 Å². The van der Waals surface area contributed by atoms with Gasteiger partial charge >= 0.3 is 0 Å². The molecule has 4 aromatic heterocycles. The molecule has 38 heavy (non-hydrogen) atoms. The Labute approximate surface area is 218 Å². The highest BCUT2D eigenvalue weighted by Gasteiger charge is 2.22. The van der Waals surface area contributed by atoms with Gasteiger partial charge in [-0.1, -0.05) is 17.3 Å². The van der Waals surface area contributed by atoms with Crippen LogP contribution >= 0.6 is 0 Å². The maximum absolute atomic E-state index is 13.8. The molecule has 0 bridgehead atoms. The fourth-order valence-electron chi connectivity index (χ4n) is 4.67. The van der Waals surface area contributed by atoms with Crippen molar-refractivity contribution in [3.05, 3.63) is 99.1 Å². The normalized spacial score (nSPS) is 11.2. The molecule has 0 spiro atoms. The van der Waals surface area contributed by atoms with Crippen LogP contribution < -0.4 is 16.0 Å². The molecule has 0 radical (unpaired) electrons. The number of carbonyl (C=O) groups is 1. The van der Waals surface area contributed by atoms with Crippen LogP contribution in [0.4, 0.5) is 5.82 Å². The first kappa shape index (κ1) is 24.9. The van der Waals surface area contributed by atoms with Crippen molar-refractivity contribution in [3.8, 4) is 16.9 Å². The number of benzene rings is 1. The number of aryl methyl sites for hydroxylation is 3. The Bertz CT molecular complexity index is 1720. The summed E-state index contributed by atoms with van der Waals surface area (Å²) in [6, 6.07) is 12.7. The Kier molecular flexibility index (Phi) is 6.50. The van der Waals surface area contributed by atoms with Gasteiger partial charge in [0.25, 0.3) is 5.56 Å². The largest absolute Gasteiger partial charge is 0.496 e. The lowest BCUT2D eigenvalue weighted by molar-refractivity contribution is 0.0991. The van der Waals surface area contributed by atoms with Crippen LogP contribution in [0, 0.1) is 20.8 Å². The van der Waals surface area contributed by atoms with Crippen molar-refractivity contribution in [2.24, 2.45) is 0 Å². The lowest BCUT2D eigenvalue weighted by Crippen LogP contribution is -2.28. The van der Waals surface area contributed by atoms with Crippen molar-refractivity contribution in [3.63, 3.8) is 0 Å². The number of carbonyl (C=O) groups excluding carboxylic acids is 1. The van der Waals surface area contributed by atoms with E-state index >= 15 is 0 Å². The average molecular weight is 510 g/mol. The molecule has 0 unspecified atom stereocenters. The van der Waals surface area contributed by atoms with E-state index in [4.69, 9.17) is 15.0 Å². The van der Waals surface area contributed by atoms with Crippen molar-refractivity contribution < 1.29 is 14.1 Å². The summed E-state index contributed by atoms with van der Waals surface area (Å²) >= 11 is 0. The Morgan fingerprint density at radius 3 is 2.58 bits per heavy atom. The smallest absolute Gasteiger partial charge is 0.262 e. The van der Waals surface area contributed by atoms with Crippen LogP contribution in [0.1, 0.15) is 38.6 Å².